The van der Waals surface area contributed by atoms with Crippen LogP contribution in [-0.4, -0.2) is 92.1 Å². The summed E-state index contributed by atoms with van der Waals surface area (Å²) in [6.45, 7) is 7.20. The SMILES string of the molecule is COCCOC(=O)C1=C(C)N(C(=O)OCOC(=O)CC2CCN(C)CC2)C(C)=C(C(=O)OC(C)C)C1c1cccc([N+](=O)[O-])c1. The molecule has 2 heterocycles. The van der Waals surface area contributed by atoms with Crippen molar-refractivity contribution in [2.45, 2.75) is 59.0 Å². The monoisotopic (exact) mass is 631 g/mol. The van der Waals surface area contributed by atoms with Crippen molar-refractivity contribution in [1.82, 2.24) is 9.80 Å². The lowest BCUT2D eigenvalue weighted by atomic mass is 9.79. The summed E-state index contributed by atoms with van der Waals surface area (Å²) in [5.41, 5.74) is -0.182. The Hall–Kier alpha value is -4.30. The van der Waals surface area contributed by atoms with Gasteiger partial charge in [-0.2, -0.15) is 0 Å². The summed E-state index contributed by atoms with van der Waals surface area (Å²) >= 11 is 0. The minimum atomic E-state index is -1.19. The van der Waals surface area contributed by atoms with E-state index in [2.05, 4.69) is 4.90 Å². The topological polar surface area (TPSA) is 164 Å². The summed E-state index contributed by atoms with van der Waals surface area (Å²) in [5, 5.41) is 11.6. The highest BCUT2D eigenvalue weighted by Crippen LogP contribution is 2.44. The number of hydrogen-bond acceptors (Lipinski definition) is 12. The average Bonchev–Trinajstić information content (AvgIpc) is 2.97. The number of amides is 1. The highest BCUT2D eigenvalue weighted by atomic mass is 16.7. The van der Waals surface area contributed by atoms with E-state index in [-0.39, 0.29) is 59.3 Å². The molecule has 0 aliphatic carbocycles. The smallest absolute Gasteiger partial charge is 0.421 e. The standard InChI is InChI=1S/C31H41N3O11/c1-19(2)45-30(37)27-21(4)33(31(38)44-18-43-25(35)16-22-10-12-32(5)13-11-22)20(3)26(29(36)42-15-14-41-6)28(27)23-8-7-9-24(17-23)34(39)40/h7-9,17,19,22,28H,10-16,18H2,1-6H3. The van der Waals surface area contributed by atoms with Gasteiger partial charge >= 0.3 is 24.0 Å². The zero-order chi connectivity index (χ0) is 33.3. The molecule has 2 aliphatic heterocycles. The van der Waals surface area contributed by atoms with E-state index >= 15 is 0 Å². The summed E-state index contributed by atoms with van der Waals surface area (Å²) < 4.78 is 26.3. The van der Waals surface area contributed by atoms with Gasteiger partial charge in [-0.05, 0) is 72.2 Å². The number of piperidine rings is 1. The van der Waals surface area contributed by atoms with Crippen molar-refractivity contribution < 1.29 is 47.8 Å². The highest BCUT2D eigenvalue weighted by Gasteiger charge is 2.43. The third kappa shape index (κ3) is 9.11. The zero-order valence-electron chi connectivity index (χ0n) is 26.5. The Morgan fingerprint density at radius 3 is 2.22 bits per heavy atom. The van der Waals surface area contributed by atoms with Crippen LogP contribution >= 0.6 is 0 Å². The first-order valence-electron chi connectivity index (χ1n) is 14.7. The van der Waals surface area contributed by atoms with Gasteiger partial charge in [0.1, 0.15) is 6.61 Å². The van der Waals surface area contributed by atoms with Crippen LogP contribution in [0.5, 0.6) is 0 Å². The Labute approximate surface area is 262 Å². The number of nitrogens with zero attached hydrogens (tertiary/aromatic N) is 3. The van der Waals surface area contributed by atoms with Gasteiger partial charge < -0.3 is 28.6 Å². The molecule has 1 fully saturated rings. The Balaban J connectivity index is 1.97. The van der Waals surface area contributed by atoms with Crippen LogP contribution in [0, 0.1) is 16.0 Å². The Morgan fingerprint density at radius 1 is 0.978 bits per heavy atom. The molecule has 1 unspecified atom stereocenters. The number of nitro groups is 1. The molecular formula is C31H41N3O11. The molecule has 0 bridgehead atoms. The van der Waals surface area contributed by atoms with E-state index in [0.717, 1.165) is 30.8 Å². The lowest BCUT2D eigenvalue weighted by Gasteiger charge is -2.36. The summed E-state index contributed by atoms with van der Waals surface area (Å²) in [6.07, 6.45) is 0.318. The van der Waals surface area contributed by atoms with Crippen molar-refractivity contribution in [3.8, 4) is 0 Å². The lowest BCUT2D eigenvalue weighted by molar-refractivity contribution is -0.384. The zero-order valence-corrected chi connectivity index (χ0v) is 26.5. The van der Waals surface area contributed by atoms with Gasteiger partial charge in [0, 0.05) is 37.1 Å². The number of carbonyl (C=O) groups excluding carboxylic acids is 4. The molecule has 1 saturated heterocycles. The Bertz CT molecular complexity index is 1350. The average molecular weight is 632 g/mol. The van der Waals surface area contributed by atoms with Crippen molar-refractivity contribution >= 4 is 29.7 Å². The molecule has 2 aliphatic rings. The van der Waals surface area contributed by atoms with Gasteiger partial charge in [-0.25, -0.2) is 14.4 Å². The fraction of sp³-hybridized carbons (Fsp3) is 0.548. The van der Waals surface area contributed by atoms with Crippen LogP contribution in [0.2, 0.25) is 0 Å². The fourth-order valence-corrected chi connectivity index (χ4v) is 5.35. The van der Waals surface area contributed by atoms with E-state index in [9.17, 15) is 29.3 Å². The van der Waals surface area contributed by atoms with Crippen LogP contribution in [0.15, 0.2) is 46.8 Å². The maximum atomic E-state index is 13.6. The first-order chi connectivity index (χ1) is 21.3. The van der Waals surface area contributed by atoms with Gasteiger partial charge in [0.2, 0.25) is 6.79 Å². The maximum Gasteiger partial charge on any atom is 0.421 e. The normalized spacial score (nSPS) is 17.8. The van der Waals surface area contributed by atoms with Crippen LogP contribution < -0.4 is 0 Å². The predicted octanol–water partition coefficient (Wildman–Crippen LogP) is 4.05. The second-order valence-electron chi connectivity index (χ2n) is 11.2. The molecule has 0 aromatic heterocycles. The maximum absolute atomic E-state index is 13.6. The second kappa shape index (κ2) is 16.1. The summed E-state index contributed by atoms with van der Waals surface area (Å²) in [6, 6.07) is 5.48. The summed E-state index contributed by atoms with van der Waals surface area (Å²) in [4.78, 5) is 67.2. The van der Waals surface area contributed by atoms with Crippen molar-refractivity contribution in [3.63, 3.8) is 0 Å². The quantitative estimate of drug-likeness (QED) is 0.0813. The first kappa shape index (κ1) is 35.2. The molecule has 1 aromatic carbocycles. The van der Waals surface area contributed by atoms with Crippen molar-refractivity contribution in [2.75, 3.05) is 47.3 Å². The molecule has 0 N–H and O–H groups in total. The number of nitro benzene ring substituents is 1. The van der Waals surface area contributed by atoms with Crippen molar-refractivity contribution in [3.05, 3.63) is 62.5 Å². The number of carbonyl (C=O) groups is 4. The lowest BCUT2D eigenvalue weighted by Crippen LogP contribution is -2.39. The van der Waals surface area contributed by atoms with Crippen molar-refractivity contribution in [2.24, 2.45) is 5.92 Å². The number of hydrogen-bond donors (Lipinski definition) is 0. The largest absolute Gasteiger partial charge is 0.460 e. The number of benzene rings is 1. The van der Waals surface area contributed by atoms with E-state index in [4.69, 9.17) is 23.7 Å². The van der Waals surface area contributed by atoms with Gasteiger partial charge in [0.15, 0.2) is 0 Å². The van der Waals surface area contributed by atoms with Crippen LogP contribution in [0.25, 0.3) is 0 Å². The van der Waals surface area contributed by atoms with E-state index in [1.54, 1.807) is 13.8 Å². The molecule has 0 radical (unpaired) electrons. The van der Waals surface area contributed by atoms with E-state index in [0.29, 0.717) is 0 Å². The number of methoxy groups -OCH3 is 1. The van der Waals surface area contributed by atoms with Gasteiger partial charge in [-0.15, -0.1) is 0 Å². The first-order valence-corrected chi connectivity index (χ1v) is 14.7. The van der Waals surface area contributed by atoms with E-state index < -0.39 is 47.7 Å². The number of likely N-dealkylation sites (tertiary alicyclic amines) is 1. The third-order valence-electron chi connectivity index (χ3n) is 7.62. The van der Waals surface area contributed by atoms with Gasteiger partial charge in [-0.1, -0.05) is 12.1 Å². The highest BCUT2D eigenvalue weighted by molar-refractivity contribution is 6.01. The molecule has 1 aromatic rings. The molecule has 3 rings (SSSR count). The van der Waals surface area contributed by atoms with Crippen molar-refractivity contribution in [1.29, 1.82) is 0 Å². The van der Waals surface area contributed by atoms with Crippen LogP contribution in [0.4, 0.5) is 10.5 Å². The summed E-state index contributed by atoms with van der Waals surface area (Å²) in [7, 11) is 3.45. The van der Waals surface area contributed by atoms with E-state index in [1.807, 2.05) is 7.05 Å². The molecule has 1 amide bonds. The molecule has 14 nitrogen and oxygen atoms in total. The number of rotatable bonds is 12. The molecule has 14 heteroatoms. The van der Waals surface area contributed by atoms with Crippen LogP contribution in [0.1, 0.15) is 58.4 Å². The number of ether oxygens (including phenoxy) is 5. The third-order valence-corrected chi connectivity index (χ3v) is 7.62. The van der Waals surface area contributed by atoms with Gasteiger partial charge in [0.25, 0.3) is 5.69 Å². The molecule has 45 heavy (non-hydrogen) atoms. The fourth-order valence-electron chi connectivity index (χ4n) is 5.35. The Morgan fingerprint density at radius 2 is 1.62 bits per heavy atom. The number of allylic oxidation sites excluding steroid dienone is 2. The second-order valence-corrected chi connectivity index (χ2v) is 11.2. The van der Waals surface area contributed by atoms with E-state index in [1.165, 1.54) is 45.2 Å². The van der Waals surface area contributed by atoms with Crippen LogP contribution in [-0.2, 0) is 38.1 Å². The molecule has 0 saturated carbocycles. The minimum Gasteiger partial charge on any atom is -0.460 e. The predicted molar refractivity (Wildman–Crippen MR) is 159 cm³/mol. The molecule has 1 atom stereocenters. The summed E-state index contributed by atoms with van der Waals surface area (Å²) in [5.74, 6) is -3.26. The minimum absolute atomic E-state index is 0.0511. The van der Waals surface area contributed by atoms with Gasteiger partial charge in [0.05, 0.1) is 34.7 Å². The van der Waals surface area contributed by atoms with Crippen LogP contribution in [0.3, 0.4) is 0 Å². The molecular weight excluding hydrogens is 590 g/mol. The van der Waals surface area contributed by atoms with Gasteiger partial charge in [-0.3, -0.25) is 19.8 Å². The Kier molecular flexibility index (Phi) is 12.6. The number of esters is 3. The number of non-ortho nitro benzene ring substituents is 1. The molecule has 246 valence electrons. The molecule has 0 spiro atoms.